The Morgan fingerprint density at radius 2 is 2.22 bits per heavy atom. The molecular formula is C14H25NO3. The summed E-state index contributed by atoms with van der Waals surface area (Å²) in [5.41, 5.74) is 0. The Hall–Kier alpha value is -0.610. The van der Waals surface area contributed by atoms with E-state index in [2.05, 4.69) is 0 Å². The number of fused-ring (bicyclic) bond motifs is 1. The van der Waals surface area contributed by atoms with E-state index < -0.39 is 0 Å². The van der Waals surface area contributed by atoms with Crippen LogP contribution in [0, 0.1) is 17.8 Å². The quantitative estimate of drug-likeness (QED) is 0.700. The van der Waals surface area contributed by atoms with Crippen molar-refractivity contribution < 1.29 is 14.3 Å². The summed E-state index contributed by atoms with van der Waals surface area (Å²) in [6.45, 7) is 10.0. The summed E-state index contributed by atoms with van der Waals surface area (Å²) in [5.74, 6) is 1.43. The molecule has 3 atom stereocenters. The Morgan fingerprint density at radius 1 is 1.44 bits per heavy atom. The topological polar surface area (TPSA) is 38.8 Å². The number of rotatable bonds is 5. The third kappa shape index (κ3) is 2.86. The Morgan fingerprint density at radius 3 is 2.89 bits per heavy atom. The van der Waals surface area contributed by atoms with Crippen molar-refractivity contribution in [2.75, 3.05) is 32.9 Å². The number of amides is 1. The van der Waals surface area contributed by atoms with Crippen LogP contribution in [0.15, 0.2) is 0 Å². The summed E-state index contributed by atoms with van der Waals surface area (Å²) in [7, 11) is 0. The van der Waals surface area contributed by atoms with Crippen LogP contribution in [0.1, 0.15) is 27.2 Å². The van der Waals surface area contributed by atoms with Crippen LogP contribution >= 0.6 is 0 Å². The fraction of sp³-hybridized carbons (Fsp3) is 0.929. The lowest BCUT2D eigenvalue weighted by atomic mass is 9.91. The number of hydrogen-bond acceptors (Lipinski definition) is 3. The molecule has 0 N–H and O–H groups in total. The van der Waals surface area contributed by atoms with Gasteiger partial charge in [-0.25, -0.2) is 0 Å². The molecule has 4 heteroatoms. The van der Waals surface area contributed by atoms with Crippen molar-refractivity contribution in [1.82, 2.24) is 4.90 Å². The summed E-state index contributed by atoms with van der Waals surface area (Å²) >= 11 is 0. The van der Waals surface area contributed by atoms with Crippen LogP contribution in [-0.2, 0) is 14.3 Å². The molecule has 0 aromatic heterocycles. The van der Waals surface area contributed by atoms with Crippen LogP contribution in [0.4, 0.5) is 0 Å². The molecule has 2 fully saturated rings. The molecule has 1 amide bonds. The lowest BCUT2D eigenvalue weighted by molar-refractivity contribution is -0.134. The summed E-state index contributed by atoms with van der Waals surface area (Å²) in [6.07, 6.45) is 1.32. The zero-order valence-electron chi connectivity index (χ0n) is 11.7. The van der Waals surface area contributed by atoms with Crippen molar-refractivity contribution in [3.05, 3.63) is 0 Å². The van der Waals surface area contributed by atoms with Gasteiger partial charge in [0.05, 0.1) is 12.7 Å². The third-order valence-corrected chi connectivity index (χ3v) is 4.08. The van der Waals surface area contributed by atoms with Crippen molar-refractivity contribution >= 4 is 5.91 Å². The molecule has 0 aromatic rings. The Bertz CT molecular complexity index is 293. The van der Waals surface area contributed by atoms with E-state index in [1.807, 2.05) is 25.7 Å². The maximum atomic E-state index is 12.0. The van der Waals surface area contributed by atoms with E-state index in [9.17, 15) is 4.79 Å². The van der Waals surface area contributed by atoms with E-state index in [0.717, 1.165) is 39.3 Å². The Kier molecular flexibility index (Phi) is 4.62. The van der Waals surface area contributed by atoms with Gasteiger partial charge < -0.3 is 14.4 Å². The highest BCUT2D eigenvalue weighted by molar-refractivity contribution is 5.78. The second-order valence-corrected chi connectivity index (χ2v) is 5.68. The SMILES string of the molecule is CCOCC[C@H]1CO[C@H]2CN(C(=O)C(C)C)C[C@@H]12. The van der Waals surface area contributed by atoms with Crippen molar-refractivity contribution in [3.8, 4) is 0 Å². The number of carbonyl (C=O) groups excluding carboxylic acids is 1. The minimum Gasteiger partial charge on any atom is -0.382 e. The van der Waals surface area contributed by atoms with Gasteiger partial charge in [0.1, 0.15) is 0 Å². The molecule has 18 heavy (non-hydrogen) atoms. The lowest BCUT2D eigenvalue weighted by Gasteiger charge is -2.21. The highest BCUT2D eigenvalue weighted by Gasteiger charge is 2.44. The van der Waals surface area contributed by atoms with Gasteiger partial charge in [-0.15, -0.1) is 0 Å². The molecule has 0 unspecified atom stereocenters. The van der Waals surface area contributed by atoms with Crippen LogP contribution in [0.3, 0.4) is 0 Å². The fourth-order valence-corrected chi connectivity index (χ4v) is 3.02. The number of likely N-dealkylation sites (tertiary alicyclic amines) is 1. The average molecular weight is 255 g/mol. The van der Waals surface area contributed by atoms with Gasteiger partial charge in [-0.2, -0.15) is 0 Å². The molecule has 2 aliphatic rings. The molecular weight excluding hydrogens is 230 g/mol. The molecule has 0 spiro atoms. The maximum absolute atomic E-state index is 12.0. The highest BCUT2D eigenvalue weighted by Crippen LogP contribution is 2.35. The smallest absolute Gasteiger partial charge is 0.225 e. The van der Waals surface area contributed by atoms with Crippen molar-refractivity contribution in [3.63, 3.8) is 0 Å². The van der Waals surface area contributed by atoms with Crippen LogP contribution in [0.25, 0.3) is 0 Å². The number of nitrogens with zero attached hydrogens (tertiary/aromatic N) is 1. The van der Waals surface area contributed by atoms with Gasteiger partial charge in [0.15, 0.2) is 0 Å². The van der Waals surface area contributed by atoms with E-state index in [0.29, 0.717) is 11.8 Å². The van der Waals surface area contributed by atoms with Crippen LogP contribution < -0.4 is 0 Å². The lowest BCUT2D eigenvalue weighted by Crippen LogP contribution is -2.34. The van der Waals surface area contributed by atoms with Gasteiger partial charge in [-0.1, -0.05) is 13.8 Å². The van der Waals surface area contributed by atoms with Gasteiger partial charge in [0.25, 0.3) is 0 Å². The molecule has 2 saturated heterocycles. The molecule has 2 rings (SSSR count). The zero-order chi connectivity index (χ0) is 13.1. The first-order chi connectivity index (χ1) is 8.63. The first-order valence-electron chi connectivity index (χ1n) is 7.11. The molecule has 2 heterocycles. The second-order valence-electron chi connectivity index (χ2n) is 5.68. The molecule has 0 saturated carbocycles. The summed E-state index contributed by atoms with van der Waals surface area (Å²) in [5, 5.41) is 0. The van der Waals surface area contributed by atoms with E-state index in [1.165, 1.54) is 0 Å². The van der Waals surface area contributed by atoms with Crippen LogP contribution in [-0.4, -0.2) is 49.8 Å². The molecule has 0 aromatic carbocycles. The minimum absolute atomic E-state index is 0.0886. The molecule has 104 valence electrons. The number of carbonyl (C=O) groups is 1. The monoisotopic (exact) mass is 255 g/mol. The minimum atomic E-state index is 0.0886. The highest BCUT2D eigenvalue weighted by atomic mass is 16.5. The third-order valence-electron chi connectivity index (χ3n) is 4.08. The van der Waals surface area contributed by atoms with E-state index in [-0.39, 0.29) is 17.9 Å². The van der Waals surface area contributed by atoms with Gasteiger partial charge >= 0.3 is 0 Å². The maximum Gasteiger partial charge on any atom is 0.225 e. The number of hydrogen-bond donors (Lipinski definition) is 0. The first kappa shape index (κ1) is 13.8. The number of ether oxygens (including phenoxy) is 2. The van der Waals surface area contributed by atoms with Gasteiger partial charge in [0.2, 0.25) is 5.91 Å². The molecule has 0 aliphatic carbocycles. The standard InChI is InChI=1S/C14H25NO3/c1-4-17-6-5-11-9-18-13-8-15(7-12(11)13)14(16)10(2)3/h10-13H,4-9H2,1-3H3/t11-,12-,13-/m0/s1. The van der Waals surface area contributed by atoms with Gasteiger partial charge in [0, 0.05) is 38.1 Å². The van der Waals surface area contributed by atoms with E-state index in [1.54, 1.807) is 0 Å². The molecule has 0 bridgehead atoms. The Labute approximate surface area is 110 Å². The van der Waals surface area contributed by atoms with Gasteiger partial charge in [-0.3, -0.25) is 4.79 Å². The summed E-state index contributed by atoms with van der Waals surface area (Å²) in [6, 6.07) is 0. The summed E-state index contributed by atoms with van der Waals surface area (Å²) < 4.78 is 11.3. The van der Waals surface area contributed by atoms with Crippen molar-refractivity contribution in [1.29, 1.82) is 0 Å². The predicted molar refractivity (Wildman–Crippen MR) is 69.2 cm³/mol. The Balaban J connectivity index is 1.85. The predicted octanol–water partition coefficient (Wildman–Crippen LogP) is 1.54. The van der Waals surface area contributed by atoms with Crippen LogP contribution in [0.5, 0.6) is 0 Å². The van der Waals surface area contributed by atoms with Crippen LogP contribution in [0.2, 0.25) is 0 Å². The first-order valence-corrected chi connectivity index (χ1v) is 7.11. The zero-order valence-corrected chi connectivity index (χ0v) is 11.7. The van der Waals surface area contributed by atoms with E-state index >= 15 is 0 Å². The van der Waals surface area contributed by atoms with Gasteiger partial charge in [-0.05, 0) is 19.3 Å². The van der Waals surface area contributed by atoms with Crippen molar-refractivity contribution in [2.45, 2.75) is 33.3 Å². The summed E-state index contributed by atoms with van der Waals surface area (Å²) in [4.78, 5) is 14.0. The average Bonchev–Trinajstić information content (AvgIpc) is 2.89. The fourth-order valence-electron chi connectivity index (χ4n) is 3.02. The second kappa shape index (κ2) is 6.02. The molecule has 4 nitrogen and oxygen atoms in total. The normalized spacial score (nSPS) is 31.1. The van der Waals surface area contributed by atoms with Crippen molar-refractivity contribution in [2.24, 2.45) is 17.8 Å². The molecule has 2 aliphatic heterocycles. The largest absolute Gasteiger partial charge is 0.382 e. The van der Waals surface area contributed by atoms with E-state index in [4.69, 9.17) is 9.47 Å². The molecule has 0 radical (unpaired) electrons.